The van der Waals surface area contributed by atoms with Crippen molar-refractivity contribution in [3.05, 3.63) is 41.5 Å². The molecule has 84 valence electrons. The van der Waals surface area contributed by atoms with E-state index < -0.39 is 0 Å². The quantitative estimate of drug-likeness (QED) is 0.834. The zero-order chi connectivity index (χ0) is 11.4. The van der Waals surface area contributed by atoms with Gasteiger partial charge >= 0.3 is 0 Å². The molecule has 2 rings (SSSR count). The lowest BCUT2D eigenvalue weighted by Crippen LogP contribution is -1.98. The van der Waals surface area contributed by atoms with Crippen molar-refractivity contribution < 1.29 is 9.26 Å². The Morgan fingerprint density at radius 1 is 1.38 bits per heavy atom. The van der Waals surface area contributed by atoms with Crippen LogP contribution in [0.1, 0.15) is 17.3 Å². The molecule has 0 aliphatic rings. The van der Waals surface area contributed by atoms with E-state index in [1.54, 1.807) is 7.11 Å². The van der Waals surface area contributed by atoms with Gasteiger partial charge in [-0.2, -0.15) is 4.98 Å². The first-order chi connectivity index (χ1) is 7.83. The second kappa shape index (κ2) is 4.76. The highest BCUT2D eigenvalue weighted by molar-refractivity contribution is 5.35. The van der Waals surface area contributed by atoms with Crippen molar-refractivity contribution in [1.29, 1.82) is 0 Å². The van der Waals surface area contributed by atoms with Gasteiger partial charge in [-0.25, -0.2) is 0 Å². The topological polar surface area (TPSA) is 74.2 Å². The molecule has 0 unspecified atom stereocenters. The average molecular weight is 219 g/mol. The molecular formula is C11H13N3O2. The maximum Gasteiger partial charge on any atom is 0.240 e. The fraction of sp³-hybridized carbons (Fsp3) is 0.273. The van der Waals surface area contributed by atoms with Crippen LogP contribution < -0.4 is 10.5 Å². The van der Waals surface area contributed by atoms with Crippen molar-refractivity contribution in [2.24, 2.45) is 5.73 Å². The molecule has 5 heteroatoms. The van der Waals surface area contributed by atoms with Gasteiger partial charge in [0.25, 0.3) is 0 Å². The molecule has 0 amide bonds. The molecule has 2 aromatic rings. The van der Waals surface area contributed by atoms with Crippen molar-refractivity contribution >= 4 is 0 Å². The molecule has 5 nitrogen and oxygen atoms in total. The summed E-state index contributed by atoms with van der Waals surface area (Å²) < 4.78 is 10.2. The Bertz CT molecular complexity index is 468. The maximum absolute atomic E-state index is 5.39. The van der Waals surface area contributed by atoms with Gasteiger partial charge in [-0.15, -0.1) is 0 Å². The molecule has 1 aromatic carbocycles. The van der Waals surface area contributed by atoms with Gasteiger partial charge in [-0.3, -0.25) is 0 Å². The summed E-state index contributed by atoms with van der Waals surface area (Å²) in [4.78, 5) is 4.14. The Hall–Kier alpha value is -1.88. The molecule has 0 bridgehead atoms. The van der Waals surface area contributed by atoms with Gasteiger partial charge in [0.15, 0.2) is 5.82 Å². The minimum Gasteiger partial charge on any atom is -0.496 e. The lowest BCUT2D eigenvalue weighted by atomic mass is 10.1. The van der Waals surface area contributed by atoms with Gasteiger partial charge in [0.05, 0.1) is 13.7 Å². The highest BCUT2D eigenvalue weighted by Crippen LogP contribution is 2.19. The summed E-state index contributed by atoms with van der Waals surface area (Å²) in [5.74, 6) is 1.89. The van der Waals surface area contributed by atoms with Crippen molar-refractivity contribution in [3.8, 4) is 5.75 Å². The third-order valence-corrected chi connectivity index (χ3v) is 2.23. The standard InChI is InChI=1S/C11H13N3O2/c1-15-9-5-3-2-4-8(9)6-10-13-11(7-12)16-14-10/h2-5H,6-7,12H2,1H3. The predicted octanol–water partition coefficient (Wildman–Crippen LogP) is 1.13. The molecule has 1 aromatic heterocycles. The third kappa shape index (κ3) is 2.20. The Morgan fingerprint density at radius 3 is 2.88 bits per heavy atom. The number of rotatable bonds is 4. The van der Waals surface area contributed by atoms with E-state index >= 15 is 0 Å². The van der Waals surface area contributed by atoms with Crippen LogP contribution >= 0.6 is 0 Å². The number of nitrogens with two attached hydrogens (primary N) is 1. The van der Waals surface area contributed by atoms with Gasteiger partial charge in [0, 0.05) is 12.0 Å². The number of nitrogens with zero attached hydrogens (tertiary/aromatic N) is 2. The zero-order valence-electron chi connectivity index (χ0n) is 9.01. The summed E-state index contributed by atoms with van der Waals surface area (Å²) in [5, 5.41) is 3.84. The summed E-state index contributed by atoms with van der Waals surface area (Å²) in [5.41, 5.74) is 6.41. The molecule has 0 saturated heterocycles. The van der Waals surface area contributed by atoms with Crippen molar-refractivity contribution in [2.75, 3.05) is 7.11 Å². The molecule has 0 fully saturated rings. The van der Waals surface area contributed by atoms with Crippen LogP contribution in [0.25, 0.3) is 0 Å². The lowest BCUT2D eigenvalue weighted by Gasteiger charge is -2.04. The van der Waals surface area contributed by atoms with Crippen LogP contribution in [0.5, 0.6) is 5.75 Å². The van der Waals surface area contributed by atoms with Crippen LogP contribution in [0.4, 0.5) is 0 Å². The number of para-hydroxylation sites is 1. The summed E-state index contributed by atoms with van der Waals surface area (Å²) in [6, 6.07) is 7.74. The van der Waals surface area contributed by atoms with Crippen LogP contribution in [0.3, 0.4) is 0 Å². The Labute approximate surface area is 93.2 Å². The van der Waals surface area contributed by atoms with Crippen molar-refractivity contribution in [3.63, 3.8) is 0 Å². The first-order valence-corrected chi connectivity index (χ1v) is 4.97. The number of hydrogen-bond acceptors (Lipinski definition) is 5. The summed E-state index contributed by atoms with van der Waals surface area (Å²) in [6.07, 6.45) is 0.577. The van der Waals surface area contributed by atoms with Crippen LogP contribution in [0, 0.1) is 0 Å². The zero-order valence-corrected chi connectivity index (χ0v) is 9.01. The highest BCUT2D eigenvalue weighted by atomic mass is 16.5. The van der Waals surface area contributed by atoms with Crippen LogP contribution in [0.15, 0.2) is 28.8 Å². The molecule has 2 N–H and O–H groups in total. The second-order valence-electron chi connectivity index (χ2n) is 3.30. The van der Waals surface area contributed by atoms with Gasteiger partial charge in [-0.1, -0.05) is 23.4 Å². The summed E-state index contributed by atoms with van der Waals surface area (Å²) >= 11 is 0. The van der Waals surface area contributed by atoms with Gasteiger partial charge in [0.2, 0.25) is 5.89 Å². The molecule has 0 atom stereocenters. The van der Waals surface area contributed by atoms with E-state index in [1.807, 2.05) is 24.3 Å². The number of methoxy groups -OCH3 is 1. The molecule has 1 heterocycles. The minimum absolute atomic E-state index is 0.263. The first-order valence-electron chi connectivity index (χ1n) is 4.97. The largest absolute Gasteiger partial charge is 0.496 e. The lowest BCUT2D eigenvalue weighted by molar-refractivity contribution is 0.375. The average Bonchev–Trinajstić information content (AvgIpc) is 2.77. The molecule has 0 aliphatic heterocycles. The van der Waals surface area contributed by atoms with Gasteiger partial charge in [-0.05, 0) is 6.07 Å². The van der Waals surface area contributed by atoms with E-state index in [4.69, 9.17) is 15.0 Å². The fourth-order valence-corrected chi connectivity index (χ4v) is 1.46. The summed E-state index contributed by atoms with van der Waals surface area (Å²) in [7, 11) is 1.64. The fourth-order valence-electron chi connectivity index (χ4n) is 1.46. The Morgan fingerprint density at radius 2 is 2.19 bits per heavy atom. The molecule has 16 heavy (non-hydrogen) atoms. The van der Waals surface area contributed by atoms with E-state index in [-0.39, 0.29) is 6.54 Å². The SMILES string of the molecule is COc1ccccc1Cc1noc(CN)n1. The van der Waals surface area contributed by atoms with Crippen molar-refractivity contribution in [1.82, 2.24) is 10.1 Å². The van der Waals surface area contributed by atoms with Gasteiger partial charge < -0.3 is 15.0 Å². The van der Waals surface area contributed by atoms with Crippen LogP contribution in [-0.4, -0.2) is 17.3 Å². The first kappa shape index (κ1) is 10.6. The molecule has 0 radical (unpaired) electrons. The van der Waals surface area contributed by atoms with Crippen molar-refractivity contribution in [2.45, 2.75) is 13.0 Å². The molecule has 0 aliphatic carbocycles. The van der Waals surface area contributed by atoms with Gasteiger partial charge in [0.1, 0.15) is 5.75 Å². The number of hydrogen-bond donors (Lipinski definition) is 1. The van der Waals surface area contributed by atoms with E-state index in [1.165, 1.54) is 0 Å². The summed E-state index contributed by atoms with van der Waals surface area (Å²) in [6.45, 7) is 0.263. The Balaban J connectivity index is 2.19. The van der Waals surface area contributed by atoms with Crippen LogP contribution in [0.2, 0.25) is 0 Å². The number of aromatic nitrogens is 2. The normalized spacial score (nSPS) is 10.4. The smallest absolute Gasteiger partial charge is 0.240 e. The van der Waals surface area contributed by atoms with E-state index in [0.717, 1.165) is 11.3 Å². The molecule has 0 spiro atoms. The van der Waals surface area contributed by atoms with E-state index in [0.29, 0.717) is 18.1 Å². The molecule has 0 saturated carbocycles. The predicted molar refractivity (Wildman–Crippen MR) is 58.0 cm³/mol. The highest BCUT2D eigenvalue weighted by Gasteiger charge is 2.08. The number of ether oxygens (including phenoxy) is 1. The molecular weight excluding hydrogens is 206 g/mol. The van der Waals surface area contributed by atoms with Crippen LogP contribution in [-0.2, 0) is 13.0 Å². The minimum atomic E-state index is 0.263. The number of benzene rings is 1. The van der Waals surface area contributed by atoms with E-state index in [9.17, 15) is 0 Å². The Kier molecular flexibility index (Phi) is 3.16. The van der Waals surface area contributed by atoms with E-state index in [2.05, 4.69) is 10.1 Å². The maximum atomic E-state index is 5.39. The monoisotopic (exact) mass is 219 g/mol. The third-order valence-electron chi connectivity index (χ3n) is 2.23. The second-order valence-corrected chi connectivity index (χ2v) is 3.30.